The Kier molecular flexibility index (Phi) is 21.6. The lowest BCUT2D eigenvalue weighted by molar-refractivity contribution is -0.256. The molecule has 2 aromatic heterocycles. The number of phosphoric ester groups is 2. The van der Waals surface area contributed by atoms with Crippen molar-refractivity contribution < 1.29 is 111 Å². The van der Waals surface area contributed by atoms with E-state index in [2.05, 4.69) is 56.3 Å². The molecule has 0 aliphatic carbocycles. The number of carbonyl (C=O) groups is 1. The molecule has 3 N–H and O–H groups in total. The molecule has 1 amide bonds. The lowest BCUT2D eigenvalue weighted by Gasteiger charge is -2.38. The Labute approximate surface area is 389 Å². The topological polar surface area (TPSA) is 489 Å². The Morgan fingerprint density at radius 1 is 0.754 bits per heavy atom. The number of benzene rings is 1. The number of nitrogens with one attached hydrogen (secondary N) is 2. The van der Waals surface area contributed by atoms with Crippen LogP contribution >= 0.6 is 46.9 Å². The van der Waals surface area contributed by atoms with Gasteiger partial charge in [-0.3, -0.25) is 46.5 Å². The van der Waals surface area contributed by atoms with Crippen LogP contribution in [0.1, 0.15) is 56.1 Å². The maximum atomic E-state index is 12.1. The Balaban J connectivity index is 1.06. The summed E-state index contributed by atoms with van der Waals surface area (Å²) in [6, 6.07) is 6.91. The highest BCUT2D eigenvalue weighted by Crippen LogP contribution is 2.70. The number of unbranched alkanes of at least 4 members (excludes halogenated alkanes) is 3. The molecule has 388 valence electrons. The summed E-state index contributed by atoms with van der Waals surface area (Å²) in [5.74, 6) is 1.06. The molecule has 39 heteroatoms. The number of nitrogens with zero attached hydrogens (tertiary/aromatic N) is 5. The number of hydrogen-bond donors (Lipinski definition) is 3. The second-order valence-corrected chi connectivity index (χ2v) is 23.1. The molecule has 0 radical (unpaired) electrons. The normalized spacial score (nSPS) is 21.4. The number of H-pyrrole nitrogens is 1. The zero-order chi connectivity index (χ0) is 51.3. The molecule has 4 rings (SSSR count). The molecule has 33 nitrogen and oxygen atoms in total. The zero-order valence-corrected chi connectivity index (χ0v) is 41.0. The van der Waals surface area contributed by atoms with Crippen LogP contribution in [0.15, 0.2) is 40.1 Å². The number of phosphoric acid groups is 6. The second-order valence-electron chi connectivity index (χ2n) is 13.9. The van der Waals surface area contributed by atoms with Gasteiger partial charge < -0.3 is 63.0 Å². The number of aromatic nitrogens is 6. The van der Waals surface area contributed by atoms with Gasteiger partial charge >= 0.3 is 5.69 Å². The molecule has 0 spiro atoms. The van der Waals surface area contributed by atoms with E-state index in [1.165, 1.54) is 6.92 Å². The number of ether oxygens (including phenoxy) is 3. The van der Waals surface area contributed by atoms with E-state index >= 15 is 0 Å². The minimum absolute atomic E-state index is 0.0422. The number of hydrogen-bond acceptors (Lipinski definition) is 30. The van der Waals surface area contributed by atoms with Gasteiger partial charge in [-0.05, 0) is 51.0 Å². The highest BCUT2D eigenvalue weighted by atomic mass is 31.3. The van der Waals surface area contributed by atoms with Crippen molar-refractivity contribution in [1.29, 1.82) is 0 Å². The molecule has 69 heavy (non-hydrogen) atoms. The monoisotopic (exact) mass is 1100 g/mol. The van der Waals surface area contributed by atoms with Gasteiger partial charge in [-0.15, -0.1) is 20.4 Å². The van der Waals surface area contributed by atoms with Gasteiger partial charge in [0.2, 0.25) is 11.7 Å². The SMILES string of the molecule is Cc1nnc(-c2ccc(OCCOCCC(=O)NCCCCCCOP(=O)([O-])OP(=O)([O-])OP(=O)([O-])OP(=O)([O-])OP(=O)([O-])OP(=O)([O-])OC[C@H]3O[C@@H](n4cc(C)c(=O)[nH]c4=O)CC3O)cc2)nn1. The average molecular weight is 1100 g/mol. The molecule has 0 bridgehead atoms. The molecule has 1 saturated heterocycles. The molecule has 1 aliphatic heterocycles. The first-order valence-corrected chi connectivity index (χ1v) is 28.3. The molecule has 0 saturated carbocycles. The summed E-state index contributed by atoms with van der Waals surface area (Å²) >= 11 is 0. The van der Waals surface area contributed by atoms with Gasteiger partial charge in [0, 0.05) is 36.7 Å². The van der Waals surface area contributed by atoms with E-state index in [1.807, 2.05) is 4.98 Å². The van der Waals surface area contributed by atoms with Gasteiger partial charge in [0.25, 0.3) is 52.5 Å². The highest BCUT2D eigenvalue weighted by molar-refractivity contribution is 7.71. The van der Waals surface area contributed by atoms with Crippen molar-refractivity contribution in [3.05, 3.63) is 62.7 Å². The van der Waals surface area contributed by atoms with E-state index in [1.54, 1.807) is 31.2 Å². The number of aromatic amines is 1. The smallest absolute Gasteiger partial charge is 0.330 e. The van der Waals surface area contributed by atoms with E-state index in [-0.39, 0.29) is 63.5 Å². The van der Waals surface area contributed by atoms with Crippen molar-refractivity contribution in [2.45, 2.75) is 70.8 Å². The van der Waals surface area contributed by atoms with Crippen LogP contribution in [0.25, 0.3) is 11.4 Å². The van der Waals surface area contributed by atoms with Crippen LogP contribution in [-0.2, 0) is 72.3 Å². The minimum Gasteiger partial charge on any atom is -0.756 e. The van der Waals surface area contributed by atoms with Gasteiger partial charge in [-0.25, -0.2) is 26.3 Å². The summed E-state index contributed by atoms with van der Waals surface area (Å²) in [5, 5.41) is 28.5. The number of aryl methyl sites for hydroxylation is 2. The molecule has 1 fully saturated rings. The molecular formula is C30H41N7O26P6-6. The Hall–Kier alpha value is -3.15. The molecule has 7 unspecified atom stereocenters. The zero-order valence-electron chi connectivity index (χ0n) is 35.7. The molecule has 1 aromatic carbocycles. The standard InChI is InChI=1S/C30H47N7O26P6/c1-20-18-37(30(41)32-29(20)40)27-17-24(38)25(58-27)19-57-65(44,45)60-67(48,49)62-69(52,53)63-68(50,51)61-66(46,47)59-64(42,43)56-13-6-4-3-5-12-31-26(39)11-14-54-15-16-55-23-9-7-22(8-10-23)28-35-33-21(2)34-36-28/h7-10,18,24-25,27,38H,3-6,11-17,19H2,1-2H3,(H,31,39)(H,42,43)(H,44,45)(H,46,47)(H,48,49)(H,50,51)(H,52,53)(H,32,40,41)/p-6/t24?,25-,27-/m1/s1. The summed E-state index contributed by atoms with van der Waals surface area (Å²) in [6.45, 7) is 1.80. The molecule has 9 atom stereocenters. The fraction of sp³-hybridized carbons (Fsp3) is 0.567. The maximum Gasteiger partial charge on any atom is 0.330 e. The third kappa shape index (κ3) is 21.2. The van der Waals surface area contributed by atoms with Crippen molar-refractivity contribution in [3.8, 4) is 17.1 Å². The Morgan fingerprint density at radius 3 is 1.90 bits per heavy atom. The Bertz CT molecular complexity index is 2620. The summed E-state index contributed by atoms with van der Waals surface area (Å²) < 4.78 is 114. The van der Waals surface area contributed by atoms with Gasteiger partial charge in [-0.1, -0.05) is 12.8 Å². The second kappa shape index (κ2) is 25.5. The first-order chi connectivity index (χ1) is 32.0. The predicted octanol–water partition coefficient (Wildman–Crippen LogP) is -1.86. The maximum absolute atomic E-state index is 12.1. The minimum atomic E-state index is -6.95. The first kappa shape index (κ1) is 58.4. The summed E-state index contributed by atoms with van der Waals surface area (Å²) in [6.07, 6.45) is -2.69. The Morgan fingerprint density at radius 2 is 1.30 bits per heavy atom. The van der Waals surface area contributed by atoms with Crippen LogP contribution in [-0.4, -0.2) is 92.7 Å². The number of aliphatic hydroxyl groups excluding tert-OH is 1. The van der Waals surface area contributed by atoms with E-state index in [0.717, 1.165) is 10.8 Å². The number of amides is 1. The van der Waals surface area contributed by atoms with Gasteiger partial charge in [0.05, 0.1) is 32.5 Å². The highest BCUT2D eigenvalue weighted by Gasteiger charge is 2.38. The number of aliphatic hydroxyl groups is 1. The first-order valence-electron chi connectivity index (χ1n) is 19.5. The van der Waals surface area contributed by atoms with E-state index in [9.17, 15) is 76.2 Å². The summed E-state index contributed by atoms with van der Waals surface area (Å²) in [5.41, 5.74) is -0.963. The fourth-order valence-electron chi connectivity index (χ4n) is 5.37. The van der Waals surface area contributed by atoms with E-state index in [4.69, 9.17) is 14.2 Å². The van der Waals surface area contributed by atoms with Crippen molar-refractivity contribution in [1.82, 2.24) is 35.3 Å². The largest absolute Gasteiger partial charge is 0.756 e. The summed E-state index contributed by atoms with van der Waals surface area (Å²) in [7, 11) is -39.5. The van der Waals surface area contributed by atoms with E-state index < -0.39 is 89.8 Å². The van der Waals surface area contributed by atoms with Crippen LogP contribution < -0.4 is 50.7 Å². The average Bonchev–Trinajstić information content (AvgIpc) is 3.58. The van der Waals surface area contributed by atoms with Crippen molar-refractivity contribution in [2.75, 3.05) is 39.6 Å². The van der Waals surface area contributed by atoms with Gasteiger partial charge in [0.15, 0.2) is 5.82 Å². The van der Waals surface area contributed by atoms with E-state index in [0.29, 0.717) is 35.8 Å². The molecule has 3 aromatic rings. The number of rotatable bonds is 30. The predicted molar refractivity (Wildman–Crippen MR) is 214 cm³/mol. The van der Waals surface area contributed by atoms with Crippen molar-refractivity contribution in [2.24, 2.45) is 0 Å². The third-order valence-corrected chi connectivity index (χ3v) is 17.3. The van der Waals surface area contributed by atoms with Crippen LogP contribution in [0, 0.1) is 13.8 Å². The van der Waals surface area contributed by atoms with Crippen LogP contribution in [0.5, 0.6) is 5.75 Å². The molecule has 1 aliphatic rings. The molecule has 3 heterocycles. The fourth-order valence-corrected chi connectivity index (χ4v) is 12.9. The van der Waals surface area contributed by atoms with Crippen LogP contribution in [0.4, 0.5) is 0 Å². The quantitative estimate of drug-likeness (QED) is 0.0486. The summed E-state index contributed by atoms with van der Waals surface area (Å²) in [4.78, 5) is 110. The lowest BCUT2D eigenvalue weighted by atomic mass is 10.2. The third-order valence-electron chi connectivity index (χ3n) is 8.36. The van der Waals surface area contributed by atoms with Crippen LogP contribution in [0.2, 0.25) is 0 Å². The number of carbonyl (C=O) groups excluding carboxylic acids is 1. The van der Waals surface area contributed by atoms with Crippen LogP contribution in [0.3, 0.4) is 0 Å². The lowest BCUT2D eigenvalue weighted by Crippen LogP contribution is -2.33. The van der Waals surface area contributed by atoms with Gasteiger partial charge in [-0.2, -0.15) is 0 Å². The molecular weight excluding hydrogens is 1060 g/mol. The van der Waals surface area contributed by atoms with Gasteiger partial charge in [0.1, 0.15) is 24.7 Å². The van der Waals surface area contributed by atoms with Crippen molar-refractivity contribution in [3.63, 3.8) is 0 Å². The van der Waals surface area contributed by atoms with Crippen molar-refractivity contribution >= 4 is 52.8 Å².